The highest BCUT2D eigenvalue weighted by molar-refractivity contribution is 5.96. The average molecular weight is 267 g/mol. The van der Waals surface area contributed by atoms with Crippen LogP contribution in [-0.4, -0.2) is 16.5 Å². The van der Waals surface area contributed by atoms with E-state index in [1.165, 1.54) is 0 Å². The number of amides is 1. The number of rotatable bonds is 4. The number of carbonyl (C=O) groups excluding carboxylic acids is 1. The van der Waals surface area contributed by atoms with Crippen molar-refractivity contribution < 1.29 is 4.79 Å². The molecule has 20 heavy (non-hydrogen) atoms. The van der Waals surface area contributed by atoms with Crippen LogP contribution in [0.4, 0.5) is 0 Å². The van der Waals surface area contributed by atoms with Gasteiger partial charge in [0, 0.05) is 17.9 Å². The monoisotopic (exact) mass is 267 g/mol. The summed E-state index contributed by atoms with van der Waals surface area (Å²) in [6.45, 7) is 3.95. The third-order valence-electron chi connectivity index (χ3n) is 3.25. The van der Waals surface area contributed by atoms with E-state index in [1.807, 2.05) is 44.2 Å². The van der Waals surface area contributed by atoms with Gasteiger partial charge in [-0.15, -0.1) is 0 Å². The van der Waals surface area contributed by atoms with E-state index in [9.17, 15) is 10.1 Å². The van der Waals surface area contributed by atoms with Crippen molar-refractivity contribution in [1.82, 2.24) is 9.88 Å². The van der Waals surface area contributed by atoms with Gasteiger partial charge in [-0.1, -0.05) is 25.1 Å². The minimum atomic E-state index is -0.218. The van der Waals surface area contributed by atoms with Gasteiger partial charge in [0.2, 0.25) is 0 Å². The maximum atomic E-state index is 12.4. The molecule has 0 saturated carbocycles. The average Bonchev–Trinajstić information content (AvgIpc) is 2.91. The third kappa shape index (κ3) is 2.72. The lowest BCUT2D eigenvalue weighted by molar-refractivity contribution is 0.0932. The van der Waals surface area contributed by atoms with Gasteiger partial charge in [0.05, 0.1) is 5.56 Å². The minimum absolute atomic E-state index is 0.0770. The van der Waals surface area contributed by atoms with E-state index in [1.54, 1.807) is 16.8 Å². The van der Waals surface area contributed by atoms with Crippen molar-refractivity contribution >= 4 is 5.91 Å². The molecule has 0 aliphatic heterocycles. The van der Waals surface area contributed by atoms with E-state index in [4.69, 9.17) is 0 Å². The highest BCUT2D eigenvalue weighted by Crippen LogP contribution is 2.17. The first-order chi connectivity index (χ1) is 9.67. The maximum absolute atomic E-state index is 12.4. The number of hydrogen-bond acceptors (Lipinski definition) is 2. The van der Waals surface area contributed by atoms with E-state index in [0.717, 1.165) is 12.1 Å². The summed E-state index contributed by atoms with van der Waals surface area (Å²) in [6, 6.07) is 13.3. The van der Waals surface area contributed by atoms with Crippen molar-refractivity contribution in [3.8, 4) is 11.8 Å². The predicted molar refractivity (Wildman–Crippen MR) is 77.7 cm³/mol. The van der Waals surface area contributed by atoms with Crippen LogP contribution < -0.4 is 5.32 Å². The van der Waals surface area contributed by atoms with Crippen LogP contribution in [0.1, 0.15) is 36.3 Å². The molecule has 0 aliphatic rings. The summed E-state index contributed by atoms with van der Waals surface area (Å²) in [5.41, 5.74) is 1.64. The Balaban J connectivity index is 2.44. The number of nitrogens with zero attached hydrogens (tertiary/aromatic N) is 2. The van der Waals surface area contributed by atoms with Gasteiger partial charge in [0.15, 0.2) is 0 Å². The molecule has 1 atom stereocenters. The van der Waals surface area contributed by atoms with Crippen molar-refractivity contribution in [2.45, 2.75) is 26.3 Å². The fourth-order valence-corrected chi connectivity index (χ4v) is 1.95. The second-order valence-corrected chi connectivity index (χ2v) is 4.68. The Hall–Kier alpha value is -2.54. The van der Waals surface area contributed by atoms with Crippen molar-refractivity contribution in [3.63, 3.8) is 0 Å². The highest BCUT2D eigenvalue weighted by atomic mass is 16.2. The molecule has 0 aliphatic carbocycles. The van der Waals surface area contributed by atoms with Gasteiger partial charge in [-0.05, 0) is 31.5 Å². The molecule has 4 nitrogen and oxygen atoms in total. The molecule has 0 saturated heterocycles. The molecule has 1 N–H and O–H groups in total. The first kappa shape index (κ1) is 13.9. The minimum Gasteiger partial charge on any atom is -0.348 e. The standard InChI is InChI=1S/C16H17N3O/c1-3-12(2)18-16(20)15-13(11-17)9-10-19(15)14-7-5-4-6-8-14/h4-10,12H,3H2,1-2H3,(H,18,20). The zero-order valence-electron chi connectivity index (χ0n) is 11.6. The van der Waals surface area contributed by atoms with E-state index in [-0.39, 0.29) is 11.9 Å². The Morgan fingerprint density at radius 3 is 2.65 bits per heavy atom. The second kappa shape index (κ2) is 6.07. The number of carbonyl (C=O) groups is 1. The van der Waals surface area contributed by atoms with Crippen LogP contribution in [0.15, 0.2) is 42.6 Å². The van der Waals surface area contributed by atoms with E-state index < -0.39 is 0 Å². The molecule has 1 unspecified atom stereocenters. The zero-order chi connectivity index (χ0) is 14.5. The Morgan fingerprint density at radius 1 is 1.35 bits per heavy atom. The summed E-state index contributed by atoms with van der Waals surface area (Å²) in [7, 11) is 0. The molecular weight excluding hydrogens is 250 g/mol. The first-order valence-electron chi connectivity index (χ1n) is 6.65. The summed E-state index contributed by atoms with van der Waals surface area (Å²) in [6.07, 6.45) is 2.60. The molecule has 102 valence electrons. The smallest absolute Gasteiger partial charge is 0.269 e. The molecule has 0 spiro atoms. The summed E-state index contributed by atoms with van der Waals surface area (Å²) in [5.74, 6) is -0.218. The van der Waals surface area contributed by atoms with Crippen LogP contribution >= 0.6 is 0 Å². The second-order valence-electron chi connectivity index (χ2n) is 4.68. The molecule has 1 amide bonds. The molecule has 1 aromatic heterocycles. The van der Waals surface area contributed by atoms with Crippen LogP contribution in [0.5, 0.6) is 0 Å². The molecule has 2 aromatic rings. The van der Waals surface area contributed by atoms with E-state index >= 15 is 0 Å². The van der Waals surface area contributed by atoms with E-state index in [2.05, 4.69) is 11.4 Å². The van der Waals surface area contributed by atoms with Crippen LogP contribution in [-0.2, 0) is 0 Å². The van der Waals surface area contributed by atoms with Crippen LogP contribution in [0.2, 0.25) is 0 Å². The highest BCUT2D eigenvalue weighted by Gasteiger charge is 2.19. The van der Waals surface area contributed by atoms with E-state index in [0.29, 0.717) is 11.3 Å². The lowest BCUT2D eigenvalue weighted by Crippen LogP contribution is -2.33. The molecule has 2 rings (SSSR count). The lowest BCUT2D eigenvalue weighted by Gasteiger charge is -2.14. The van der Waals surface area contributed by atoms with Gasteiger partial charge in [-0.2, -0.15) is 5.26 Å². The fourth-order valence-electron chi connectivity index (χ4n) is 1.95. The molecule has 1 heterocycles. The predicted octanol–water partition coefficient (Wildman–Crippen LogP) is 2.88. The maximum Gasteiger partial charge on any atom is 0.269 e. The quantitative estimate of drug-likeness (QED) is 0.926. The Kier molecular flexibility index (Phi) is 4.21. The van der Waals surface area contributed by atoms with Gasteiger partial charge in [-0.25, -0.2) is 0 Å². The number of para-hydroxylation sites is 1. The van der Waals surface area contributed by atoms with Crippen molar-refractivity contribution in [2.24, 2.45) is 0 Å². The molecule has 4 heteroatoms. The topological polar surface area (TPSA) is 57.8 Å². The van der Waals surface area contributed by atoms with Crippen molar-refractivity contribution in [1.29, 1.82) is 5.26 Å². The van der Waals surface area contributed by atoms with Gasteiger partial charge in [-0.3, -0.25) is 4.79 Å². The van der Waals surface area contributed by atoms with Crippen LogP contribution in [0.25, 0.3) is 5.69 Å². The fraction of sp³-hybridized carbons (Fsp3) is 0.250. The Labute approximate surface area is 118 Å². The SMILES string of the molecule is CCC(C)NC(=O)c1c(C#N)ccn1-c1ccccc1. The van der Waals surface area contributed by atoms with Crippen molar-refractivity contribution in [2.75, 3.05) is 0 Å². The molecular formula is C16H17N3O. The number of hydrogen-bond donors (Lipinski definition) is 1. The summed E-state index contributed by atoms with van der Waals surface area (Å²) in [5, 5.41) is 12.1. The number of benzene rings is 1. The number of nitriles is 1. The normalized spacial score (nSPS) is 11.7. The van der Waals surface area contributed by atoms with Crippen LogP contribution in [0, 0.1) is 11.3 Å². The lowest BCUT2D eigenvalue weighted by atomic mass is 10.2. The first-order valence-corrected chi connectivity index (χ1v) is 6.65. The summed E-state index contributed by atoms with van der Waals surface area (Å²) < 4.78 is 1.75. The van der Waals surface area contributed by atoms with Gasteiger partial charge in [0.1, 0.15) is 11.8 Å². The largest absolute Gasteiger partial charge is 0.348 e. The van der Waals surface area contributed by atoms with Gasteiger partial charge < -0.3 is 9.88 Å². The Morgan fingerprint density at radius 2 is 2.05 bits per heavy atom. The molecule has 1 aromatic carbocycles. The molecule has 0 bridgehead atoms. The number of nitrogens with one attached hydrogen (secondary N) is 1. The van der Waals surface area contributed by atoms with Gasteiger partial charge in [0.25, 0.3) is 5.91 Å². The van der Waals surface area contributed by atoms with Crippen molar-refractivity contribution in [3.05, 3.63) is 53.9 Å². The molecule has 0 fully saturated rings. The van der Waals surface area contributed by atoms with Crippen LogP contribution in [0.3, 0.4) is 0 Å². The summed E-state index contributed by atoms with van der Waals surface area (Å²) >= 11 is 0. The van der Waals surface area contributed by atoms with Gasteiger partial charge >= 0.3 is 0 Å². The Bertz CT molecular complexity index is 637. The zero-order valence-corrected chi connectivity index (χ0v) is 11.6. The third-order valence-corrected chi connectivity index (χ3v) is 3.25. The molecule has 0 radical (unpaired) electrons. The summed E-state index contributed by atoms with van der Waals surface area (Å²) in [4.78, 5) is 12.4. The number of aromatic nitrogens is 1.